The lowest BCUT2D eigenvalue weighted by Crippen LogP contribution is -2.34. The van der Waals surface area contributed by atoms with Gasteiger partial charge in [0, 0.05) is 6.42 Å². The predicted molar refractivity (Wildman–Crippen MR) is 116 cm³/mol. The van der Waals surface area contributed by atoms with Crippen LogP contribution in [0.4, 0.5) is 0 Å². The number of unbranched alkanes of at least 4 members (excludes halogenated alkanes) is 13. The Balaban J connectivity index is 1.73. The number of carbonyl (C=O) groups excluding carboxylic acids is 2. The van der Waals surface area contributed by atoms with E-state index in [9.17, 15) is 9.59 Å². The summed E-state index contributed by atoms with van der Waals surface area (Å²) < 4.78 is 5.24. The van der Waals surface area contributed by atoms with Crippen molar-refractivity contribution in [2.24, 2.45) is 0 Å². The number of amides is 1. The molecule has 0 aromatic heterocycles. The van der Waals surface area contributed by atoms with Gasteiger partial charge in [-0.05, 0) is 32.1 Å². The minimum absolute atomic E-state index is 0.0443. The summed E-state index contributed by atoms with van der Waals surface area (Å²) in [6.45, 7) is 2.71. The van der Waals surface area contributed by atoms with Gasteiger partial charge in [0.05, 0.1) is 6.61 Å². The maximum absolute atomic E-state index is 11.7. The van der Waals surface area contributed by atoms with Crippen LogP contribution in [0.3, 0.4) is 0 Å². The largest absolute Gasteiger partial charge is 0.464 e. The molecule has 0 aromatic rings. The van der Waals surface area contributed by atoms with Crippen LogP contribution in [0.15, 0.2) is 12.2 Å². The Hall–Kier alpha value is -1.32. The Morgan fingerprint density at radius 1 is 0.893 bits per heavy atom. The highest BCUT2D eigenvalue weighted by molar-refractivity contribution is 5.87. The van der Waals surface area contributed by atoms with Crippen molar-refractivity contribution < 1.29 is 14.3 Å². The summed E-state index contributed by atoms with van der Waals surface area (Å²) in [4.78, 5) is 22.8. The highest BCUT2D eigenvalue weighted by atomic mass is 16.5. The Labute approximate surface area is 172 Å². The van der Waals surface area contributed by atoms with E-state index in [1.165, 1.54) is 83.5 Å². The van der Waals surface area contributed by atoms with Crippen molar-refractivity contribution in [3.63, 3.8) is 0 Å². The van der Waals surface area contributed by atoms with E-state index in [0.717, 1.165) is 12.8 Å². The average Bonchev–Trinajstić information content (AvgIpc) is 3.13. The number of ether oxygens (including phenoxy) is 1. The first kappa shape index (κ1) is 24.7. The fourth-order valence-corrected chi connectivity index (χ4v) is 3.60. The van der Waals surface area contributed by atoms with E-state index in [1.807, 2.05) is 0 Å². The number of allylic oxidation sites excluding steroid dienone is 2. The van der Waals surface area contributed by atoms with Crippen LogP contribution in [0.1, 0.15) is 116 Å². The van der Waals surface area contributed by atoms with Gasteiger partial charge in [0.25, 0.3) is 0 Å². The highest BCUT2D eigenvalue weighted by Crippen LogP contribution is 2.13. The molecule has 1 saturated heterocycles. The molecule has 0 aromatic carbocycles. The summed E-state index contributed by atoms with van der Waals surface area (Å²) in [5.41, 5.74) is 0. The zero-order valence-corrected chi connectivity index (χ0v) is 18.2. The predicted octanol–water partition coefficient (Wildman–Crippen LogP) is 6.24. The molecule has 1 aliphatic heterocycles. The SMILES string of the molecule is CCC/C=C/CCCCCCCCCCCCCCOC(=O)[C@@H]1CCC(=O)N1. The van der Waals surface area contributed by atoms with Gasteiger partial charge in [-0.15, -0.1) is 0 Å². The second-order valence-electron chi connectivity index (χ2n) is 8.12. The van der Waals surface area contributed by atoms with E-state index < -0.39 is 6.04 Å². The lowest BCUT2D eigenvalue weighted by Gasteiger charge is -2.09. The van der Waals surface area contributed by atoms with E-state index in [-0.39, 0.29) is 11.9 Å². The minimum Gasteiger partial charge on any atom is -0.464 e. The van der Waals surface area contributed by atoms with Gasteiger partial charge in [-0.1, -0.05) is 89.7 Å². The molecule has 162 valence electrons. The molecule has 4 nitrogen and oxygen atoms in total. The highest BCUT2D eigenvalue weighted by Gasteiger charge is 2.28. The van der Waals surface area contributed by atoms with Crippen LogP contribution >= 0.6 is 0 Å². The Morgan fingerprint density at radius 3 is 1.96 bits per heavy atom. The standard InChI is InChI=1S/C24H43NO3/c1-2-3-4-5-6-7-8-9-10-11-12-13-14-15-16-17-18-21-28-24(27)22-19-20-23(26)25-22/h4-5,22H,2-3,6-21H2,1H3,(H,25,26)/b5-4+/t22-/m0/s1. The van der Waals surface area contributed by atoms with E-state index in [2.05, 4.69) is 24.4 Å². The smallest absolute Gasteiger partial charge is 0.328 e. The maximum atomic E-state index is 11.7. The van der Waals surface area contributed by atoms with Gasteiger partial charge in [0.15, 0.2) is 0 Å². The number of esters is 1. The molecule has 0 unspecified atom stereocenters. The molecule has 1 heterocycles. The monoisotopic (exact) mass is 393 g/mol. The van der Waals surface area contributed by atoms with Crippen molar-refractivity contribution in [2.45, 2.75) is 122 Å². The molecule has 1 fully saturated rings. The van der Waals surface area contributed by atoms with Gasteiger partial charge in [-0.2, -0.15) is 0 Å². The van der Waals surface area contributed by atoms with E-state index in [1.54, 1.807) is 0 Å². The number of nitrogens with one attached hydrogen (secondary N) is 1. The van der Waals surface area contributed by atoms with Crippen molar-refractivity contribution >= 4 is 11.9 Å². The van der Waals surface area contributed by atoms with Crippen molar-refractivity contribution in [1.82, 2.24) is 5.32 Å². The van der Waals surface area contributed by atoms with Crippen LogP contribution in [0, 0.1) is 0 Å². The maximum Gasteiger partial charge on any atom is 0.328 e. The Kier molecular flexibility index (Phi) is 15.7. The van der Waals surface area contributed by atoms with Gasteiger partial charge in [-0.25, -0.2) is 4.79 Å². The first-order valence-electron chi connectivity index (χ1n) is 11.8. The van der Waals surface area contributed by atoms with E-state index in [0.29, 0.717) is 19.4 Å². The Morgan fingerprint density at radius 2 is 1.43 bits per heavy atom. The molecule has 0 spiro atoms. The normalized spacial score (nSPS) is 16.6. The number of hydrogen-bond donors (Lipinski definition) is 1. The van der Waals surface area contributed by atoms with Crippen molar-refractivity contribution in [3.8, 4) is 0 Å². The topological polar surface area (TPSA) is 55.4 Å². The number of carbonyl (C=O) groups is 2. The van der Waals surface area contributed by atoms with Crippen molar-refractivity contribution in [2.75, 3.05) is 6.61 Å². The van der Waals surface area contributed by atoms with Crippen LogP contribution in [0.25, 0.3) is 0 Å². The summed E-state index contributed by atoms with van der Waals surface area (Å²) in [6, 6.07) is -0.407. The molecule has 0 saturated carbocycles. The third kappa shape index (κ3) is 13.8. The van der Waals surface area contributed by atoms with Crippen LogP contribution in [-0.4, -0.2) is 24.5 Å². The lowest BCUT2D eigenvalue weighted by atomic mass is 10.0. The van der Waals surface area contributed by atoms with Gasteiger partial charge in [-0.3, -0.25) is 4.79 Å². The third-order valence-electron chi connectivity index (χ3n) is 5.41. The summed E-state index contributed by atoms with van der Waals surface area (Å²) in [5, 5.41) is 2.65. The quantitative estimate of drug-likeness (QED) is 0.170. The molecule has 1 N–H and O–H groups in total. The average molecular weight is 394 g/mol. The van der Waals surface area contributed by atoms with E-state index in [4.69, 9.17) is 4.74 Å². The lowest BCUT2D eigenvalue weighted by molar-refractivity contribution is -0.146. The summed E-state index contributed by atoms with van der Waals surface area (Å²) in [6.07, 6.45) is 25.0. The summed E-state index contributed by atoms with van der Waals surface area (Å²) in [5.74, 6) is -0.309. The van der Waals surface area contributed by atoms with E-state index >= 15 is 0 Å². The molecule has 0 bridgehead atoms. The van der Waals surface area contributed by atoms with Gasteiger partial charge < -0.3 is 10.1 Å². The van der Waals surface area contributed by atoms with Gasteiger partial charge in [0.1, 0.15) is 6.04 Å². The van der Waals surface area contributed by atoms with Crippen LogP contribution in [0.5, 0.6) is 0 Å². The minimum atomic E-state index is -0.407. The van der Waals surface area contributed by atoms with Crippen LogP contribution < -0.4 is 5.32 Å². The molecule has 1 amide bonds. The first-order valence-corrected chi connectivity index (χ1v) is 11.8. The Bertz CT molecular complexity index is 434. The molecular weight excluding hydrogens is 350 g/mol. The number of rotatable bonds is 18. The second-order valence-corrected chi connectivity index (χ2v) is 8.12. The van der Waals surface area contributed by atoms with Crippen LogP contribution in [0.2, 0.25) is 0 Å². The molecular formula is C24H43NO3. The molecule has 0 radical (unpaired) electrons. The van der Waals surface area contributed by atoms with Crippen molar-refractivity contribution in [3.05, 3.63) is 12.2 Å². The van der Waals surface area contributed by atoms with Gasteiger partial charge >= 0.3 is 5.97 Å². The van der Waals surface area contributed by atoms with Crippen molar-refractivity contribution in [1.29, 1.82) is 0 Å². The fraction of sp³-hybridized carbons (Fsp3) is 0.833. The third-order valence-corrected chi connectivity index (χ3v) is 5.41. The summed E-state index contributed by atoms with van der Waals surface area (Å²) in [7, 11) is 0. The molecule has 1 atom stereocenters. The van der Waals surface area contributed by atoms with Crippen LogP contribution in [-0.2, 0) is 14.3 Å². The second kappa shape index (κ2) is 17.8. The first-order chi connectivity index (χ1) is 13.7. The molecule has 4 heteroatoms. The zero-order valence-electron chi connectivity index (χ0n) is 18.2. The number of hydrogen-bond acceptors (Lipinski definition) is 3. The van der Waals surface area contributed by atoms with Gasteiger partial charge in [0.2, 0.25) is 5.91 Å². The summed E-state index contributed by atoms with van der Waals surface area (Å²) >= 11 is 0. The molecule has 28 heavy (non-hydrogen) atoms. The molecule has 1 aliphatic rings. The zero-order chi connectivity index (χ0) is 20.3. The molecule has 1 rings (SSSR count). The molecule has 0 aliphatic carbocycles. The fourth-order valence-electron chi connectivity index (χ4n) is 3.60.